The molecule has 0 N–H and O–H groups in total. The fraction of sp³-hybridized carbons (Fsp3) is 0.250. The molecule has 1 aliphatic heterocycles. The van der Waals surface area contributed by atoms with Crippen LogP contribution in [0.25, 0.3) is 0 Å². The molecule has 0 unspecified atom stereocenters. The molecule has 2 aromatic rings. The molecular weight excluding hydrogens is 384 g/mol. The third-order valence-corrected chi connectivity index (χ3v) is 4.34. The minimum Gasteiger partial charge on any atom is -0.486 e. The van der Waals surface area contributed by atoms with Crippen molar-refractivity contribution in [3.63, 3.8) is 0 Å². The Hall–Kier alpha value is -3.24. The van der Waals surface area contributed by atoms with Crippen molar-refractivity contribution in [2.75, 3.05) is 31.3 Å². The minimum atomic E-state index is -0.693. The average Bonchev–Trinajstić information content (AvgIpc) is 2.72. The third-order valence-electron chi connectivity index (χ3n) is 4.01. The molecule has 1 aliphatic rings. The molecule has 7 nitrogen and oxygen atoms in total. The van der Waals surface area contributed by atoms with Crippen molar-refractivity contribution in [1.29, 1.82) is 5.26 Å². The van der Waals surface area contributed by atoms with Gasteiger partial charge in [0.15, 0.2) is 18.1 Å². The minimum absolute atomic E-state index is 0.124. The van der Waals surface area contributed by atoms with Crippen molar-refractivity contribution in [3.8, 4) is 17.6 Å². The number of amides is 1. The summed E-state index contributed by atoms with van der Waals surface area (Å²) in [5, 5.41) is 9.14. The summed E-state index contributed by atoms with van der Waals surface area (Å²) < 4.78 is 16.1. The molecule has 0 aromatic heterocycles. The molecule has 0 saturated heterocycles. The number of esters is 1. The van der Waals surface area contributed by atoms with E-state index in [1.54, 1.807) is 36.4 Å². The molecule has 3 rings (SSSR count). The smallest absolute Gasteiger partial charge is 0.340 e. The van der Waals surface area contributed by atoms with Gasteiger partial charge >= 0.3 is 5.97 Å². The van der Waals surface area contributed by atoms with Gasteiger partial charge in [-0.1, -0.05) is 23.7 Å². The van der Waals surface area contributed by atoms with E-state index >= 15 is 0 Å². The van der Waals surface area contributed by atoms with Gasteiger partial charge in [0.1, 0.15) is 13.2 Å². The molecule has 2 aromatic carbocycles. The molecule has 0 bridgehead atoms. The molecule has 0 radical (unpaired) electrons. The van der Waals surface area contributed by atoms with Crippen LogP contribution in [0.4, 0.5) is 5.69 Å². The summed E-state index contributed by atoms with van der Waals surface area (Å²) >= 11 is 5.97. The second kappa shape index (κ2) is 9.11. The van der Waals surface area contributed by atoms with E-state index in [4.69, 9.17) is 31.1 Å². The van der Waals surface area contributed by atoms with E-state index < -0.39 is 18.5 Å². The normalized spacial score (nSPS) is 12.0. The maximum Gasteiger partial charge on any atom is 0.340 e. The van der Waals surface area contributed by atoms with E-state index in [9.17, 15) is 9.59 Å². The molecule has 8 heteroatoms. The van der Waals surface area contributed by atoms with Crippen LogP contribution >= 0.6 is 11.6 Å². The van der Waals surface area contributed by atoms with Crippen LogP contribution in [-0.2, 0) is 9.53 Å². The van der Waals surface area contributed by atoms with Crippen LogP contribution in [0.5, 0.6) is 11.5 Å². The number of nitrogens with zero attached hydrogens (tertiary/aromatic N) is 2. The largest absolute Gasteiger partial charge is 0.486 e. The van der Waals surface area contributed by atoms with E-state index in [1.807, 2.05) is 6.07 Å². The Balaban J connectivity index is 1.72. The highest BCUT2D eigenvalue weighted by Gasteiger charge is 2.21. The van der Waals surface area contributed by atoms with Gasteiger partial charge in [-0.3, -0.25) is 4.79 Å². The number of benzene rings is 2. The topological polar surface area (TPSA) is 88.9 Å². The first kappa shape index (κ1) is 19.5. The number of rotatable bonds is 6. The van der Waals surface area contributed by atoms with Gasteiger partial charge in [0.2, 0.25) is 0 Å². The van der Waals surface area contributed by atoms with Gasteiger partial charge in [-0.15, -0.1) is 0 Å². The number of fused-ring (bicyclic) bond motifs is 1. The summed E-state index contributed by atoms with van der Waals surface area (Å²) in [6.07, 6.45) is 0.124. The van der Waals surface area contributed by atoms with Crippen molar-refractivity contribution >= 4 is 29.2 Å². The molecular formula is C20H17ClN2O5. The lowest BCUT2D eigenvalue weighted by Gasteiger charge is -2.24. The van der Waals surface area contributed by atoms with Gasteiger partial charge in [0.25, 0.3) is 5.91 Å². The fourth-order valence-electron chi connectivity index (χ4n) is 2.67. The molecule has 0 saturated carbocycles. The predicted molar refractivity (Wildman–Crippen MR) is 102 cm³/mol. The monoisotopic (exact) mass is 400 g/mol. The Bertz CT molecular complexity index is 925. The van der Waals surface area contributed by atoms with Crippen molar-refractivity contribution in [1.82, 2.24) is 0 Å². The highest BCUT2D eigenvalue weighted by Crippen LogP contribution is 2.34. The Labute approximate surface area is 167 Å². The van der Waals surface area contributed by atoms with E-state index in [0.29, 0.717) is 30.4 Å². The summed E-state index contributed by atoms with van der Waals surface area (Å²) in [4.78, 5) is 26.2. The van der Waals surface area contributed by atoms with Crippen LogP contribution in [-0.4, -0.2) is 38.2 Å². The molecule has 1 amide bonds. The number of carbonyl (C=O) groups is 2. The molecule has 28 heavy (non-hydrogen) atoms. The lowest BCUT2D eigenvalue weighted by molar-refractivity contribution is -0.121. The van der Waals surface area contributed by atoms with Crippen LogP contribution < -0.4 is 14.4 Å². The molecule has 0 aliphatic carbocycles. The molecule has 0 atom stereocenters. The van der Waals surface area contributed by atoms with Crippen molar-refractivity contribution in [2.45, 2.75) is 6.42 Å². The highest BCUT2D eigenvalue weighted by atomic mass is 35.5. The second-order valence-corrected chi connectivity index (χ2v) is 6.24. The van der Waals surface area contributed by atoms with E-state index in [2.05, 4.69) is 0 Å². The molecule has 144 valence electrons. The first-order valence-corrected chi connectivity index (χ1v) is 8.96. The van der Waals surface area contributed by atoms with Crippen LogP contribution in [0.3, 0.4) is 0 Å². The summed E-state index contributed by atoms with van der Waals surface area (Å²) in [5.74, 6) is -0.0481. The Kier molecular flexibility index (Phi) is 6.35. The van der Waals surface area contributed by atoms with Crippen molar-refractivity contribution in [3.05, 3.63) is 53.1 Å². The molecule has 0 spiro atoms. The summed E-state index contributed by atoms with van der Waals surface area (Å²) in [7, 11) is 0. The van der Waals surface area contributed by atoms with Crippen molar-refractivity contribution < 1.29 is 23.8 Å². The maximum atomic E-state index is 12.7. The van der Waals surface area contributed by atoms with Gasteiger partial charge in [0.05, 0.1) is 23.1 Å². The third kappa shape index (κ3) is 4.53. The van der Waals surface area contributed by atoms with Crippen LogP contribution in [0.2, 0.25) is 5.02 Å². The summed E-state index contributed by atoms with van der Waals surface area (Å²) in [6.45, 7) is 0.544. The van der Waals surface area contributed by atoms with E-state index in [0.717, 1.165) is 0 Å². The zero-order chi connectivity index (χ0) is 19.9. The lowest BCUT2D eigenvalue weighted by Crippen LogP contribution is -2.35. The standard InChI is InChI=1S/C20H17ClN2O5/c21-16-5-2-1-4-15(16)20(25)28-13-19(24)23(9-3-8-22)14-6-7-17-18(12-14)27-11-10-26-17/h1-2,4-7,12H,3,9-11,13H2. The highest BCUT2D eigenvalue weighted by molar-refractivity contribution is 6.33. The number of ether oxygens (including phenoxy) is 3. The van der Waals surface area contributed by atoms with Gasteiger partial charge in [0, 0.05) is 18.3 Å². The fourth-order valence-corrected chi connectivity index (χ4v) is 2.88. The number of carbonyl (C=O) groups excluding carboxylic acids is 2. The predicted octanol–water partition coefficient (Wildman–Crippen LogP) is 3.21. The zero-order valence-corrected chi connectivity index (χ0v) is 15.6. The quantitative estimate of drug-likeness (QED) is 0.692. The molecule has 0 fully saturated rings. The van der Waals surface area contributed by atoms with Gasteiger partial charge < -0.3 is 19.1 Å². The first-order valence-electron chi connectivity index (χ1n) is 8.59. The Morgan fingerprint density at radius 2 is 1.89 bits per heavy atom. The number of anilines is 1. The first-order chi connectivity index (χ1) is 13.6. The maximum absolute atomic E-state index is 12.7. The van der Waals surface area contributed by atoms with Gasteiger partial charge in [-0.2, -0.15) is 5.26 Å². The van der Waals surface area contributed by atoms with Crippen LogP contribution in [0, 0.1) is 11.3 Å². The van der Waals surface area contributed by atoms with E-state index in [-0.39, 0.29) is 23.6 Å². The number of hydrogen-bond donors (Lipinski definition) is 0. The zero-order valence-electron chi connectivity index (χ0n) is 14.9. The summed E-state index contributed by atoms with van der Waals surface area (Å²) in [5.41, 5.74) is 0.707. The van der Waals surface area contributed by atoms with Crippen LogP contribution in [0.15, 0.2) is 42.5 Å². The summed E-state index contributed by atoms with van der Waals surface area (Å²) in [6, 6.07) is 13.5. The Morgan fingerprint density at radius 1 is 1.14 bits per heavy atom. The number of hydrogen-bond acceptors (Lipinski definition) is 6. The van der Waals surface area contributed by atoms with Gasteiger partial charge in [-0.05, 0) is 24.3 Å². The Morgan fingerprint density at radius 3 is 2.64 bits per heavy atom. The average molecular weight is 401 g/mol. The van der Waals surface area contributed by atoms with Gasteiger partial charge in [-0.25, -0.2) is 4.79 Å². The molecule has 1 heterocycles. The van der Waals surface area contributed by atoms with Crippen molar-refractivity contribution in [2.24, 2.45) is 0 Å². The van der Waals surface area contributed by atoms with Crippen LogP contribution in [0.1, 0.15) is 16.8 Å². The lowest BCUT2D eigenvalue weighted by atomic mass is 10.2. The second-order valence-electron chi connectivity index (χ2n) is 5.84. The van der Waals surface area contributed by atoms with E-state index in [1.165, 1.54) is 11.0 Å². The SMILES string of the molecule is N#CCCN(C(=O)COC(=O)c1ccccc1Cl)c1ccc2c(c1)OCCO2. The number of halogens is 1. The number of nitriles is 1.